The van der Waals surface area contributed by atoms with Crippen LogP contribution < -0.4 is 10.5 Å². The molecule has 2 atom stereocenters. The molecule has 1 fully saturated rings. The fourth-order valence-corrected chi connectivity index (χ4v) is 4.28. The van der Waals surface area contributed by atoms with E-state index in [-0.39, 0.29) is 16.6 Å². The van der Waals surface area contributed by atoms with Crippen LogP contribution in [0.25, 0.3) is 0 Å². The van der Waals surface area contributed by atoms with Crippen LogP contribution in [0.4, 0.5) is 5.69 Å². The van der Waals surface area contributed by atoms with Crippen LogP contribution in [-0.2, 0) is 10.0 Å². The molecule has 0 aromatic carbocycles. The van der Waals surface area contributed by atoms with E-state index in [4.69, 9.17) is 5.73 Å². The Hall–Kier alpha value is -1.14. The van der Waals surface area contributed by atoms with Crippen LogP contribution in [0.5, 0.6) is 0 Å². The van der Waals surface area contributed by atoms with E-state index in [1.165, 1.54) is 18.5 Å². The van der Waals surface area contributed by atoms with Gasteiger partial charge in [0.25, 0.3) is 0 Å². The van der Waals surface area contributed by atoms with E-state index in [1.54, 1.807) is 0 Å². The van der Waals surface area contributed by atoms with Crippen LogP contribution in [0.2, 0.25) is 0 Å². The molecule has 1 aliphatic carbocycles. The van der Waals surface area contributed by atoms with Gasteiger partial charge < -0.3 is 5.73 Å². The zero-order chi connectivity index (χ0) is 14.0. The number of aromatic nitrogens is 1. The van der Waals surface area contributed by atoms with Gasteiger partial charge in [0, 0.05) is 18.4 Å². The van der Waals surface area contributed by atoms with E-state index in [0.29, 0.717) is 11.8 Å². The van der Waals surface area contributed by atoms with Crippen molar-refractivity contribution in [2.45, 2.75) is 44.0 Å². The van der Waals surface area contributed by atoms with Crippen LogP contribution >= 0.6 is 0 Å². The average molecular weight is 283 g/mol. The molecule has 1 saturated carbocycles. The monoisotopic (exact) mass is 283 g/mol. The van der Waals surface area contributed by atoms with Crippen LogP contribution in [0.3, 0.4) is 0 Å². The van der Waals surface area contributed by atoms with E-state index in [2.05, 4.69) is 23.6 Å². The average Bonchev–Trinajstić information content (AvgIpc) is 2.26. The van der Waals surface area contributed by atoms with E-state index in [0.717, 1.165) is 19.3 Å². The largest absolute Gasteiger partial charge is 0.398 e. The summed E-state index contributed by atoms with van der Waals surface area (Å²) in [5, 5.41) is 0. The number of hydrogen-bond donors (Lipinski definition) is 2. The molecule has 0 saturated heterocycles. The Labute approximate surface area is 114 Å². The molecule has 19 heavy (non-hydrogen) atoms. The Morgan fingerprint density at radius 1 is 1.26 bits per heavy atom. The fraction of sp³-hybridized carbons (Fsp3) is 0.615. The summed E-state index contributed by atoms with van der Waals surface area (Å²) in [6.45, 7) is 4.32. The molecule has 0 spiro atoms. The summed E-state index contributed by atoms with van der Waals surface area (Å²) in [6.07, 6.45) is 5.70. The molecule has 3 N–H and O–H groups in total. The molecule has 5 nitrogen and oxygen atoms in total. The second-order valence-corrected chi connectivity index (χ2v) is 7.33. The number of nitrogens with zero attached hydrogens (tertiary/aromatic N) is 1. The lowest BCUT2D eigenvalue weighted by atomic mass is 9.81. The van der Waals surface area contributed by atoms with Gasteiger partial charge in [0.15, 0.2) is 0 Å². The van der Waals surface area contributed by atoms with E-state index >= 15 is 0 Å². The van der Waals surface area contributed by atoms with Gasteiger partial charge in [0.05, 0.1) is 5.69 Å². The molecule has 1 aromatic rings. The molecule has 2 unspecified atom stereocenters. The van der Waals surface area contributed by atoms with Crippen molar-refractivity contribution in [3.05, 3.63) is 18.5 Å². The van der Waals surface area contributed by atoms with Crippen molar-refractivity contribution in [1.29, 1.82) is 0 Å². The second-order valence-electron chi connectivity index (χ2n) is 5.65. The summed E-state index contributed by atoms with van der Waals surface area (Å²) in [6, 6.07) is 1.49. The number of nitrogen functional groups attached to an aromatic ring is 1. The molecular formula is C13H21N3O2S. The zero-order valence-corrected chi connectivity index (χ0v) is 12.2. The van der Waals surface area contributed by atoms with Crippen molar-refractivity contribution in [3.63, 3.8) is 0 Å². The molecule has 0 amide bonds. The minimum atomic E-state index is -3.57. The Bertz CT molecular complexity index is 535. The summed E-state index contributed by atoms with van der Waals surface area (Å²) >= 11 is 0. The summed E-state index contributed by atoms with van der Waals surface area (Å²) in [5.74, 6) is 1.09. The summed E-state index contributed by atoms with van der Waals surface area (Å²) in [4.78, 5) is 3.91. The van der Waals surface area contributed by atoms with Crippen molar-refractivity contribution in [2.24, 2.45) is 11.8 Å². The molecular weight excluding hydrogens is 262 g/mol. The van der Waals surface area contributed by atoms with Gasteiger partial charge in [-0.05, 0) is 37.2 Å². The first kappa shape index (κ1) is 14.3. The Morgan fingerprint density at radius 2 is 1.89 bits per heavy atom. The SMILES string of the molecule is CC1CC(C)CC(NS(=O)(=O)c2cnccc2N)C1. The van der Waals surface area contributed by atoms with E-state index in [1.807, 2.05) is 0 Å². The maximum atomic E-state index is 12.3. The highest BCUT2D eigenvalue weighted by molar-refractivity contribution is 7.89. The van der Waals surface area contributed by atoms with Gasteiger partial charge >= 0.3 is 0 Å². The van der Waals surface area contributed by atoms with Gasteiger partial charge in [-0.25, -0.2) is 13.1 Å². The first-order valence-electron chi connectivity index (χ1n) is 6.60. The normalized spacial score (nSPS) is 28.2. The van der Waals surface area contributed by atoms with Gasteiger partial charge in [-0.3, -0.25) is 4.98 Å². The van der Waals surface area contributed by atoms with Crippen molar-refractivity contribution >= 4 is 15.7 Å². The van der Waals surface area contributed by atoms with Crippen LogP contribution in [0, 0.1) is 11.8 Å². The number of rotatable bonds is 3. The molecule has 0 bridgehead atoms. The Morgan fingerprint density at radius 3 is 2.47 bits per heavy atom. The second kappa shape index (κ2) is 5.46. The fourth-order valence-electron chi connectivity index (χ4n) is 2.94. The molecule has 0 aliphatic heterocycles. The Balaban J connectivity index is 2.16. The molecule has 2 rings (SSSR count). The maximum Gasteiger partial charge on any atom is 0.244 e. The third-order valence-corrected chi connectivity index (χ3v) is 5.17. The number of anilines is 1. The zero-order valence-electron chi connectivity index (χ0n) is 11.3. The first-order chi connectivity index (χ1) is 8.88. The van der Waals surface area contributed by atoms with E-state index < -0.39 is 10.0 Å². The van der Waals surface area contributed by atoms with Gasteiger partial charge in [-0.1, -0.05) is 13.8 Å². The van der Waals surface area contributed by atoms with Crippen molar-refractivity contribution in [2.75, 3.05) is 5.73 Å². The number of pyridine rings is 1. The number of hydrogen-bond acceptors (Lipinski definition) is 4. The highest BCUT2D eigenvalue weighted by Gasteiger charge is 2.28. The molecule has 1 aromatic heterocycles. The predicted octanol–water partition coefficient (Wildman–Crippen LogP) is 1.77. The summed E-state index contributed by atoms with van der Waals surface area (Å²) < 4.78 is 27.4. The minimum Gasteiger partial charge on any atom is -0.398 e. The highest BCUT2D eigenvalue weighted by atomic mass is 32.2. The van der Waals surface area contributed by atoms with Crippen molar-refractivity contribution in [3.8, 4) is 0 Å². The van der Waals surface area contributed by atoms with Gasteiger partial charge in [-0.2, -0.15) is 0 Å². The topological polar surface area (TPSA) is 85.1 Å². The number of nitrogens with one attached hydrogen (secondary N) is 1. The van der Waals surface area contributed by atoms with Crippen molar-refractivity contribution < 1.29 is 8.42 Å². The smallest absolute Gasteiger partial charge is 0.244 e. The van der Waals surface area contributed by atoms with E-state index in [9.17, 15) is 8.42 Å². The standard InChI is InChI=1S/C13H21N3O2S/c1-9-5-10(2)7-11(6-9)16-19(17,18)13-8-15-4-3-12(13)14/h3-4,8-11,16H,5-7H2,1-2H3,(H2,14,15). The van der Waals surface area contributed by atoms with Crippen LogP contribution in [0.1, 0.15) is 33.1 Å². The quantitative estimate of drug-likeness (QED) is 0.885. The van der Waals surface area contributed by atoms with Gasteiger partial charge in [0.2, 0.25) is 10.0 Å². The first-order valence-corrected chi connectivity index (χ1v) is 8.08. The summed E-state index contributed by atoms with van der Waals surface area (Å²) in [7, 11) is -3.57. The lowest BCUT2D eigenvalue weighted by Crippen LogP contribution is -2.40. The molecule has 106 valence electrons. The maximum absolute atomic E-state index is 12.3. The van der Waals surface area contributed by atoms with Crippen LogP contribution in [0.15, 0.2) is 23.4 Å². The third-order valence-electron chi connectivity index (χ3n) is 3.61. The predicted molar refractivity (Wildman–Crippen MR) is 74.9 cm³/mol. The number of sulfonamides is 1. The lowest BCUT2D eigenvalue weighted by Gasteiger charge is -2.31. The lowest BCUT2D eigenvalue weighted by molar-refractivity contribution is 0.257. The van der Waals surface area contributed by atoms with Crippen molar-refractivity contribution in [1.82, 2.24) is 9.71 Å². The molecule has 1 aliphatic rings. The molecule has 6 heteroatoms. The third kappa shape index (κ3) is 3.45. The minimum absolute atomic E-state index is 0.0108. The van der Waals surface area contributed by atoms with Gasteiger partial charge in [0.1, 0.15) is 4.90 Å². The number of nitrogens with two attached hydrogens (primary N) is 1. The van der Waals surface area contributed by atoms with Crippen LogP contribution in [-0.4, -0.2) is 19.4 Å². The van der Waals surface area contributed by atoms with Gasteiger partial charge in [-0.15, -0.1) is 0 Å². The molecule has 0 radical (unpaired) electrons. The summed E-state index contributed by atoms with van der Waals surface area (Å²) in [5.41, 5.74) is 5.94. The Kier molecular flexibility index (Phi) is 4.10. The molecule has 1 heterocycles. The highest BCUT2D eigenvalue weighted by Crippen LogP contribution is 2.29.